The van der Waals surface area contributed by atoms with E-state index >= 15 is 0 Å². The third-order valence-corrected chi connectivity index (χ3v) is 2.97. The van der Waals surface area contributed by atoms with Crippen LogP contribution >= 0.6 is 0 Å². The van der Waals surface area contributed by atoms with Crippen LogP contribution in [0.3, 0.4) is 0 Å². The van der Waals surface area contributed by atoms with Crippen molar-refractivity contribution in [3.63, 3.8) is 0 Å². The lowest BCUT2D eigenvalue weighted by atomic mass is 9.94. The molecule has 0 atom stereocenters. The largest absolute Gasteiger partial charge is 0.0842 e. The number of rotatable bonds is 3. The predicted octanol–water partition coefficient (Wildman–Crippen LogP) is 4.32. The summed E-state index contributed by atoms with van der Waals surface area (Å²) >= 11 is 0. The van der Waals surface area contributed by atoms with Crippen LogP contribution in [0.15, 0.2) is 47.6 Å². The Bertz CT molecular complexity index is 268. The molecule has 2 aliphatic rings. The van der Waals surface area contributed by atoms with Gasteiger partial charge in [0.15, 0.2) is 0 Å². The maximum atomic E-state index is 2.29. The lowest BCUT2D eigenvalue weighted by Crippen LogP contribution is -1.92. The molecule has 0 bridgehead atoms. The fraction of sp³-hybridized carbons (Fsp3) is 0.429. The zero-order chi connectivity index (χ0) is 9.64. The lowest BCUT2D eigenvalue weighted by molar-refractivity contribution is 0.792. The molecule has 74 valence electrons. The molecule has 0 fully saturated rings. The van der Waals surface area contributed by atoms with Gasteiger partial charge in [0, 0.05) is 0 Å². The molecule has 0 heterocycles. The monoisotopic (exact) mass is 186 g/mol. The summed E-state index contributed by atoms with van der Waals surface area (Å²) in [5.41, 5.74) is 3.26. The van der Waals surface area contributed by atoms with Crippen molar-refractivity contribution >= 4 is 0 Å². The van der Waals surface area contributed by atoms with Crippen molar-refractivity contribution in [2.45, 2.75) is 38.5 Å². The first kappa shape index (κ1) is 9.51. The molecule has 0 nitrogen and oxygen atoms in total. The van der Waals surface area contributed by atoms with Crippen molar-refractivity contribution in [1.29, 1.82) is 0 Å². The normalized spacial score (nSPS) is 20.6. The van der Waals surface area contributed by atoms with Gasteiger partial charge in [-0.3, -0.25) is 0 Å². The van der Waals surface area contributed by atoms with E-state index in [2.05, 4.69) is 36.5 Å². The molecule has 0 N–H and O–H groups in total. The molecule has 0 amide bonds. The van der Waals surface area contributed by atoms with Crippen LogP contribution in [0.5, 0.6) is 0 Å². The van der Waals surface area contributed by atoms with Gasteiger partial charge in [-0.2, -0.15) is 0 Å². The van der Waals surface area contributed by atoms with Gasteiger partial charge in [-0.1, -0.05) is 47.6 Å². The van der Waals surface area contributed by atoms with Gasteiger partial charge in [0.05, 0.1) is 0 Å². The molecule has 0 spiro atoms. The maximum absolute atomic E-state index is 2.29. The Morgan fingerprint density at radius 3 is 1.64 bits per heavy atom. The molecule has 2 rings (SSSR count). The molecule has 2 aliphatic carbocycles. The summed E-state index contributed by atoms with van der Waals surface area (Å²) in [5.74, 6) is 0. The van der Waals surface area contributed by atoms with Crippen LogP contribution in [0.25, 0.3) is 0 Å². The van der Waals surface area contributed by atoms with E-state index in [-0.39, 0.29) is 0 Å². The topological polar surface area (TPSA) is 0 Å². The van der Waals surface area contributed by atoms with Gasteiger partial charge in [-0.25, -0.2) is 0 Å². The van der Waals surface area contributed by atoms with Crippen molar-refractivity contribution in [1.82, 2.24) is 0 Å². The number of allylic oxidation sites excluding steroid dienone is 8. The highest BCUT2D eigenvalue weighted by atomic mass is 14.1. The Morgan fingerprint density at radius 1 is 0.786 bits per heavy atom. The van der Waals surface area contributed by atoms with Crippen LogP contribution < -0.4 is 0 Å². The Labute approximate surface area is 86.7 Å². The molecule has 0 saturated heterocycles. The second-order valence-corrected chi connectivity index (χ2v) is 4.08. The predicted molar refractivity (Wildman–Crippen MR) is 62.1 cm³/mol. The van der Waals surface area contributed by atoms with E-state index in [0.29, 0.717) is 0 Å². The van der Waals surface area contributed by atoms with E-state index in [1.54, 1.807) is 11.1 Å². The molecular formula is C14H18. The molecule has 0 saturated carbocycles. The van der Waals surface area contributed by atoms with Gasteiger partial charge in [-0.05, 0) is 38.5 Å². The van der Waals surface area contributed by atoms with E-state index in [4.69, 9.17) is 0 Å². The minimum atomic E-state index is 1.24. The molecule has 14 heavy (non-hydrogen) atoms. The van der Waals surface area contributed by atoms with Gasteiger partial charge in [-0.15, -0.1) is 0 Å². The quantitative estimate of drug-likeness (QED) is 0.615. The van der Waals surface area contributed by atoms with Crippen molar-refractivity contribution in [3.8, 4) is 0 Å². The lowest BCUT2D eigenvalue weighted by Gasteiger charge is -2.12. The highest BCUT2D eigenvalue weighted by Gasteiger charge is 2.03. The first-order valence-corrected chi connectivity index (χ1v) is 5.64. The zero-order valence-electron chi connectivity index (χ0n) is 8.71. The summed E-state index contributed by atoms with van der Waals surface area (Å²) in [7, 11) is 0. The van der Waals surface area contributed by atoms with Crippen LogP contribution in [-0.4, -0.2) is 0 Å². The van der Waals surface area contributed by atoms with Gasteiger partial charge in [0.2, 0.25) is 0 Å². The molecular weight excluding hydrogens is 168 g/mol. The van der Waals surface area contributed by atoms with Crippen LogP contribution in [0.4, 0.5) is 0 Å². The number of hydrogen-bond donors (Lipinski definition) is 0. The highest BCUT2D eigenvalue weighted by molar-refractivity contribution is 5.22. The fourth-order valence-corrected chi connectivity index (χ4v) is 2.04. The van der Waals surface area contributed by atoms with Crippen molar-refractivity contribution < 1.29 is 0 Å². The summed E-state index contributed by atoms with van der Waals surface area (Å²) in [5, 5.41) is 0. The maximum Gasteiger partial charge on any atom is -0.0280 e. The van der Waals surface area contributed by atoms with Crippen LogP contribution in [0.1, 0.15) is 38.5 Å². The Kier molecular flexibility index (Phi) is 3.39. The summed E-state index contributed by atoms with van der Waals surface area (Å²) in [6, 6.07) is 0. The van der Waals surface area contributed by atoms with E-state index in [1.165, 1.54) is 38.5 Å². The van der Waals surface area contributed by atoms with E-state index < -0.39 is 0 Å². The Hall–Kier alpha value is -1.04. The molecule has 0 aromatic rings. The van der Waals surface area contributed by atoms with Crippen molar-refractivity contribution in [3.05, 3.63) is 47.6 Å². The first-order valence-electron chi connectivity index (χ1n) is 5.64. The molecule has 0 aromatic carbocycles. The van der Waals surface area contributed by atoms with Crippen LogP contribution in [0.2, 0.25) is 0 Å². The second kappa shape index (κ2) is 4.99. The van der Waals surface area contributed by atoms with Crippen LogP contribution in [0, 0.1) is 0 Å². The van der Waals surface area contributed by atoms with Crippen molar-refractivity contribution in [2.75, 3.05) is 0 Å². The average molecular weight is 186 g/mol. The zero-order valence-corrected chi connectivity index (χ0v) is 8.71. The Balaban J connectivity index is 1.81. The molecule has 0 heteroatoms. The molecule has 0 aliphatic heterocycles. The van der Waals surface area contributed by atoms with Gasteiger partial charge in [0.25, 0.3) is 0 Å². The standard InChI is InChI=1S/C14H18/c1-3-7-13(8-4-1)11-12-14-9-5-2-6-10-14/h1-3,5,7,9H,4,6,8,10-12H2. The third kappa shape index (κ3) is 2.73. The van der Waals surface area contributed by atoms with Gasteiger partial charge in [0.1, 0.15) is 0 Å². The summed E-state index contributed by atoms with van der Waals surface area (Å²) in [4.78, 5) is 0. The minimum absolute atomic E-state index is 1.24. The summed E-state index contributed by atoms with van der Waals surface area (Å²) in [6.07, 6.45) is 21.1. The fourth-order valence-electron chi connectivity index (χ4n) is 2.04. The average Bonchev–Trinajstić information content (AvgIpc) is 2.29. The third-order valence-electron chi connectivity index (χ3n) is 2.97. The van der Waals surface area contributed by atoms with Gasteiger partial charge < -0.3 is 0 Å². The highest BCUT2D eigenvalue weighted by Crippen LogP contribution is 2.23. The molecule has 0 unspecified atom stereocenters. The first-order chi connectivity index (χ1) is 6.95. The van der Waals surface area contributed by atoms with Gasteiger partial charge >= 0.3 is 0 Å². The van der Waals surface area contributed by atoms with E-state index in [1.807, 2.05) is 0 Å². The summed E-state index contributed by atoms with van der Waals surface area (Å²) < 4.78 is 0. The summed E-state index contributed by atoms with van der Waals surface area (Å²) in [6.45, 7) is 0. The molecule has 0 radical (unpaired) electrons. The second-order valence-electron chi connectivity index (χ2n) is 4.08. The van der Waals surface area contributed by atoms with Crippen LogP contribution in [-0.2, 0) is 0 Å². The SMILES string of the molecule is C1=CCCC(CCC2=CC=CCC2)=C1. The molecule has 0 aromatic heterocycles. The minimum Gasteiger partial charge on any atom is -0.0842 e. The van der Waals surface area contributed by atoms with E-state index in [9.17, 15) is 0 Å². The smallest absolute Gasteiger partial charge is 0.0280 e. The van der Waals surface area contributed by atoms with Crippen molar-refractivity contribution in [2.24, 2.45) is 0 Å². The Morgan fingerprint density at radius 2 is 1.29 bits per heavy atom. The number of hydrogen-bond acceptors (Lipinski definition) is 0. The van der Waals surface area contributed by atoms with E-state index in [0.717, 1.165) is 0 Å².